The van der Waals surface area contributed by atoms with Crippen LogP contribution in [0.3, 0.4) is 0 Å². The number of hydrogen-bond donors (Lipinski definition) is 2. The Labute approximate surface area is 251 Å². The van der Waals surface area contributed by atoms with Gasteiger partial charge in [-0.1, -0.05) is 122 Å². The van der Waals surface area contributed by atoms with E-state index in [0.717, 1.165) is 41.9 Å². The number of aromatic nitrogens is 1. The van der Waals surface area contributed by atoms with Crippen LogP contribution in [0.4, 0.5) is 0 Å². The quantitative estimate of drug-likeness (QED) is 0.255. The number of amides is 3. The van der Waals surface area contributed by atoms with Gasteiger partial charge in [0.25, 0.3) is 5.91 Å². The van der Waals surface area contributed by atoms with Crippen molar-refractivity contribution in [3.63, 3.8) is 0 Å². The molecule has 1 aliphatic carbocycles. The van der Waals surface area contributed by atoms with Crippen LogP contribution in [0.5, 0.6) is 0 Å². The number of rotatable bonds is 9. The average molecular weight is 583 g/mol. The van der Waals surface area contributed by atoms with E-state index in [0.29, 0.717) is 17.7 Å². The Morgan fingerprint density at radius 1 is 0.976 bits per heavy atom. The van der Waals surface area contributed by atoms with Crippen molar-refractivity contribution in [2.45, 2.75) is 92.0 Å². The zero-order valence-electron chi connectivity index (χ0n) is 25.6. The maximum Gasteiger partial charge on any atom is 0.274 e. The highest BCUT2D eigenvalue weighted by molar-refractivity contribution is 7.13. The SMILES string of the molecule is CC1CCCCC1.CCC.CCCN(CCC)C(=O)c1nsc2ccccc12.NC(=O)C(NC=O)c1ccccc1. The Morgan fingerprint density at radius 2 is 1.54 bits per heavy atom. The molecule has 7 nitrogen and oxygen atoms in total. The molecule has 0 bridgehead atoms. The molecule has 1 heterocycles. The summed E-state index contributed by atoms with van der Waals surface area (Å²) in [6, 6.07) is 16.0. The molecule has 1 atom stereocenters. The molecule has 41 heavy (non-hydrogen) atoms. The van der Waals surface area contributed by atoms with Crippen LogP contribution >= 0.6 is 11.5 Å². The zero-order chi connectivity index (χ0) is 30.5. The van der Waals surface area contributed by atoms with Gasteiger partial charge in [-0.2, -0.15) is 4.37 Å². The Bertz CT molecular complexity index is 1120. The van der Waals surface area contributed by atoms with E-state index in [-0.39, 0.29) is 5.91 Å². The topological polar surface area (TPSA) is 105 Å². The Hall–Kier alpha value is -3.26. The predicted molar refractivity (Wildman–Crippen MR) is 172 cm³/mol. The minimum atomic E-state index is -0.737. The van der Waals surface area contributed by atoms with Gasteiger partial charge in [0, 0.05) is 18.5 Å². The molecule has 0 spiro atoms. The van der Waals surface area contributed by atoms with Crippen molar-refractivity contribution in [3.8, 4) is 0 Å². The van der Waals surface area contributed by atoms with E-state index in [1.165, 1.54) is 50.1 Å². The number of primary amides is 1. The molecule has 1 fully saturated rings. The van der Waals surface area contributed by atoms with Gasteiger partial charge in [-0.05, 0) is 41.9 Å². The van der Waals surface area contributed by atoms with E-state index in [1.807, 2.05) is 35.2 Å². The molecular formula is C33H50N4O3S. The molecule has 1 aromatic heterocycles. The molecule has 1 aliphatic rings. The Morgan fingerprint density at radius 3 is 2.02 bits per heavy atom. The van der Waals surface area contributed by atoms with Crippen molar-refractivity contribution >= 4 is 39.8 Å². The predicted octanol–water partition coefficient (Wildman–Crippen LogP) is 7.52. The third kappa shape index (κ3) is 13.3. The first kappa shape index (κ1) is 35.8. The van der Waals surface area contributed by atoms with Crippen LogP contribution in [0.2, 0.25) is 0 Å². The molecule has 0 aliphatic heterocycles. The number of benzene rings is 2. The molecule has 2 aromatic carbocycles. The summed E-state index contributed by atoms with van der Waals surface area (Å²) in [5.74, 6) is 0.531. The zero-order valence-corrected chi connectivity index (χ0v) is 26.4. The highest BCUT2D eigenvalue weighted by Crippen LogP contribution is 2.24. The summed E-state index contributed by atoms with van der Waals surface area (Å²) in [7, 11) is 0. The molecule has 8 heteroatoms. The first-order valence-electron chi connectivity index (χ1n) is 15.0. The lowest BCUT2D eigenvalue weighted by Gasteiger charge is -2.20. The van der Waals surface area contributed by atoms with Gasteiger partial charge in [-0.25, -0.2) is 0 Å². The van der Waals surface area contributed by atoms with E-state index in [2.05, 4.69) is 44.3 Å². The van der Waals surface area contributed by atoms with Crippen molar-refractivity contribution in [3.05, 3.63) is 65.9 Å². The molecule has 3 aromatic rings. The monoisotopic (exact) mass is 582 g/mol. The van der Waals surface area contributed by atoms with Crippen molar-refractivity contribution < 1.29 is 14.4 Å². The third-order valence-electron chi connectivity index (χ3n) is 6.40. The van der Waals surface area contributed by atoms with Crippen LogP contribution in [0.15, 0.2) is 54.6 Å². The molecule has 226 valence electrons. The van der Waals surface area contributed by atoms with Gasteiger partial charge in [0.1, 0.15) is 11.7 Å². The van der Waals surface area contributed by atoms with Gasteiger partial charge in [0.15, 0.2) is 0 Å². The van der Waals surface area contributed by atoms with E-state index in [1.54, 1.807) is 24.3 Å². The van der Waals surface area contributed by atoms with Crippen LogP contribution in [0.25, 0.3) is 10.1 Å². The third-order valence-corrected chi connectivity index (χ3v) is 7.23. The molecule has 4 rings (SSSR count). The van der Waals surface area contributed by atoms with E-state index < -0.39 is 11.9 Å². The summed E-state index contributed by atoms with van der Waals surface area (Å²) >= 11 is 1.40. The minimum absolute atomic E-state index is 0.0659. The molecular weight excluding hydrogens is 532 g/mol. The van der Waals surface area contributed by atoms with Gasteiger partial charge in [-0.15, -0.1) is 0 Å². The number of nitrogens with two attached hydrogens (primary N) is 1. The highest BCUT2D eigenvalue weighted by Gasteiger charge is 2.19. The Kier molecular flexibility index (Phi) is 18.7. The van der Waals surface area contributed by atoms with Crippen molar-refractivity contribution in [1.29, 1.82) is 0 Å². The normalized spacial score (nSPS) is 13.2. The van der Waals surface area contributed by atoms with Crippen LogP contribution < -0.4 is 11.1 Å². The van der Waals surface area contributed by atoms with Crippen LogP contribution in [0, 0.1) is 5.92 Å². The van der Waals surface area contributed by atoms with Gasteiger partial charge in [-0.3, -0.25) is 14.4 Å². The Balaban J connectivity index is 0.000000318. The highest BCUT2D eigenvalue weighted by atomic mass is 32.1. The molecule has 0 saturated heterocycles. The summed E-state index contributed by atoms with van der Waals surface area (Å²) in [5.41, 5.74) is 6.39. The van der Waals surface area contributed by atoms with E-state index in [9.17, 15) is 14.4 Å². The second-order valence-electron chi connectivity index (χ2n) is 10.3. The van der Waals surface area contributed by atoms with Crippen molar-refractivity contribution in [2.75, 3.05) is 13.1 Å². The van der Waals surface area contributed by atoms with E-state index >= 15 is 0 Å². The number of hydrogen-bond acceptors (Lipinski definition) is 5. The summed E-state index contributed by atoms with van der Waals surface area (Å²) in [6.07, 6.45) is 11.1. The number of fused-ring (bicyclic) bond motifs is 1. The van der Waals surface area contributed by atoms with Gasteiger partial charge in [0.2, 0.25) is 12.3 Å². The standard InChI is InChI=1S/C14H18N2OS.C9H10N2O2.C7H14.C3H8/c1-3-9-16(10-4-2)14(17)13-11-7-5-6-8-12(11)18-15-13;10-9(13)8(11-6-12)7-4-2-1-3-5-7;1-7-5-3-2-4-6-7;1-3-2/h5-8H,3-4,9-10H2,1-2H3;1-6,8H,(H2,10,13)(H,11,12);7H,2-6H2,1H3;3H2,1-2H3. The second kappa shape index (κ2) is 21.5. The minimum Gasteiger partial charge on any atom is -0.368 e. The summed E-state index contributed by atoms with van der Waals surface area (Å²) in [5, 5.41) is 3.32. The summed E-state index contributed by atoms with van der Waals surface area (Å²) < 4.78 is 5.41. The molecule has 3 amide bonds. The van der Waals surface area contributed by atoms with Crippen LogP contribution in [0.1, 0.15) is 108 Å². The molecule has 1 saturated carbocycles. The van der Waals surface area contributed by atoms with Crippen molar-refractivity contribution in [1.82, 2.24) is 14.6 Å². The molecule has 1 unspecified atom stereocenters. The fraction of sp³-hybridized carbons (Fsp3) is 0.515. The fourth-order valence-corrected chi connectivity index (χ4v) is 5.18. The average Bonchev–Trinajstić information content (AvgIpc) is 3.41. The number of carbonyl (C=O) groups is 3. The lowest BCUT2D eigenvalue weighted by molar-refractivity contribution is -0.122. The first-order chi connectivity index (χ1) is 19.8. The van der Waals surface area contributed by atoms with Gasteiger partial charge < -0.3 is 16.0 Å². The fourth-order valence-electron chi connectivity index (χ4n) is 4.41. The number of nitrogens with zero attached hydrogens (tertiary/aromatic N) is 2. The maximum atomic E-state index is 12.5. The van der Waals surface area contributed by atoms with Crippen LogP contribution in [-0.2, 0) is 9.59 Å². The number of nitrogens with one attached hydrogen (secondary N) is 1. The molecule has 3 N–H and O–H groups in total. The second-order valence-corrected chi connectivity index (χ2v) is 11.1. The van der Waals surface area contributed by atoms with Crippen LogP contribution in [-0.4, -0.2) is 40.6 Å². The van der Waals surface area contributed by atoms with Gasteiger partial charge >= 0.3 is 0 Å². The van der Waals surface area contributed by atoms with Crippen molar-refractivity contribution in [2.24, 2.45) is 11.7 Å². The lowest BCUT2D eigenvalue weighted by Crippen LogP contribution is -2.32. The summed E-state index contributed by atoms with van der Waals surface area (Å²) in [4.78, 5) is 35.4. The largest absolute Gasteiger partial charge is 0.368 e. The van der Waals surface area contributed by atoms with E-state index in [4.69, 9.17) is 5.73 Å². The lowest BCUT2D eigenvalue weighted by atomic mass is 9.91. The number of carbonyl (C=O) groups excluding carboxylic acids is 3. The summed E-state index contributed by atoms with van der Waals surface area (Å²) in [6.45, 7) is 12.4. The first-order valence-corrected chi connectivity index (χ1v) is 15.8. The smallest absolute Gasteiger partial charge is 0.274 e. The van der Waals surface area contributed by atoms with Gasteiger partial charge in [0.05, 0.1) is 4.70 Å². The maximum absolute atomic E-state index is 12.5. The molecule has 0 radical (unpaired) electrons.